The van der Waals surface area contributed by atoms with Crippen molar-refractivity contribution in [1.29, 1.82) is 0 Å². The van der Waals surface area contributed by atoms with E-state index in [4.69, 9.17) is 0 Å². The first-order valence-electron chi connectivity index (χ1n) is 13.1. The van der Waals surface area contributed by atoms with Gasteiger partial charge < -0.3 is 0 Å². The van der Waals surface area contributed by atoms with E-state index in [1.165, 1.54) is 66.1 Å². The van der Waals surface area contributed by atoms with Crippen LogP contribution >= 0.6 is 0 Å². The molecule has 0 heterocycles. The van der Waals surface area contributed by atoms with Gasteiger partial charge in [0.1, 0.15) is 0 Å². The predicted molar refractivity (Wildman–Crippen MR) is 163 cm³/mol. The van der Waals surface area contributed by atoms with Crippen molar-refractivity contribution in [3.8, 4) is 44.5 Å². The maximum Gasteiger partial charge on any atom is -0.00139 e. The molecule has 0 saturated carbocycles. The third-order valence-corrected chi connectivity index (χ3v) is 7.46. The normalized spacial score (nSPS) is 11.2. The van der Waals surface area contributed by atoms with Gasteiger partial charge in [-0.3, -0.25) is 0 Å². The van der Waals surface area contributed by atoms with Crippen molar-refractivity contribution < 1.29 is 0 Å². The Morgan fingerprint density at radius 1 is 0.289 bits per heavy atom. The van der Waals surface area contributed by atoms with E-state index >= 15 is 0 Å². The first-order valence-corrected chi connectivity index (χ1v) is 13.1. The minimum absolute atomic E-state index is 1.23. The van der Waals surface area contributed by atoms with Gasteiger partial charge >= 0.3 is 0 Å². The number of hydrogen-bond donors (Lipinski definition) is 0. The molecule has 0 fully saturated rings. The SMILES string of the molecule is c1ccc(-c2ccc(-c3ccccc3)c3c(-c4ccccc4)c4c(-c5ccccc5)cccc4cc23)cc1. The second-order valence-corrected chi connectivity index (χ2v) is 9.70. The summed E-state index contributed by atoms with van der Waals surface area (Å²) in [5.74, 6) is 0. The maximum atomic E-state index is 2.40. The zero-order chi connectivity index (χ0) is 25.3. The maximum absolute atomic E-state index is 2.40. The van der Waals surface area contributed by atoms with E-state index < -0.39 is 0 Å². The molecule has 0 aliphatic carbocycles. The van der Waals surface area contributed by atoms with Crippen LogP contribution in [0.4, 0.5) is 0 Å². The Hall–Kier alpha value is -4.94. The smallest absolute Gasteiger partial charge is 0.00139 e. The Morgan fingerprint density at radius 2 is 0.737 bits per heavy atom. The molecule has 0 heteroatoms. The molecule has 178 valence electrons. The first-order chi connectivity index (χ1) is 18.9. The first kappa shape index (κ1) is 22.3. The molecular formula is C38H26. The summed E-state index contributed by atoms with van der Waals surface area (Å²) in [6.07, 6.45) is 0. The predicted octanol–water partition coefficient (Wildman–Crippen LogP) is 10.7. The highest BCUT2D eigenvalue weighted by molar-refractivity contribution is 6.23. The monoisotopic (exact) mass is 482 g/mol. The van der Waals surface area contributed by atoms with Crippen LogP contribution in [0.2, 0.25) is 0 Å². The third-order valence-electron chi connectivity index (χ3n) is 7.46. The topological polar surface area (TPSA) is 0 Å². The average Bonchev–Trinajstić information content (AvgIpc) is 3.01. The van der Waals surface area contributed by atoms with Crippen LogP contribution in [0, 0.1) is 0 Å². The fourth-order valence-corrected chi connectivity index (χ4v) is 5.77. The molecule has 0 spiro atoms. The second kappa shape index (κ2) is 9.50. The van der Waals surface area contributed by atoms with Crippen LogP contribution in [0.1, 0.15) is 0 Å². The van der Waals surface area contributed by atoms with Crippen molar-refractivity contribution in [1.82, 2.24) is 0 Å². The zero-order valence-corrected chi connectivity index (χ0v) is 21.0. The van der Waals surface area contributed by atoms with E-state index in [1.807, 2.05) is 0 Å². The lowest BCUT2D eigenvalue weighted by molar-refractivity contribution is 1.61. The number of fused-ring (bicyclic) bond motifs is 2. The molecule has 0 N–H and O–H groups in total. The van der Waals surface area contributed by atoms with Gasteiger partial charge in [-0.15, -0.1) is 0 Å². The minimum Gasteiger partial charge on any atom is -0.0622 e. The molecule has 0 radical (unpaired) electrons. The van der Waals surface area contributed by atoms with Crippen LogP contribution in [0.15, 0.2) is 158 Å². The van der Waals surface area contributed by atoms with Gasteiger partial charge in [-0.1, -0.05) is 152 Å². The summed E-state index contributed by atoms with van der Waals surface area (Å²) >= 11 is 0. The van der Waals surface area contributed by atoms with Crippen LogP contribution in [-0.2, 0) is 0 Å². The van der Waals surface area contributed by atoms with Gasteiger partial charge in [0.2, 0.25) is 0 Å². The summed E-state index contributed by atoms with van der Waals surface area (Å²) in [5, 5.41) is 5.11. The van der Waals surface area contributed by atoms with Gasteiger partial charge in [0, 0.05) is 0 Å². The average molecular weight is 483 g/mol. The van der Waals surface area contributed by atoms with Crippen molar-refractivity contribution in [3.63, 3.8) is 0 Å². The highest BCUT2D eigenvalue weighted by Crippen LogP contribution is 2.47. The molecule has 0 aromatic heterocycles. The summed E-state index contributed by atoms with van der Waals surface area (Å²) in [7, 11) is 0. The lowest BCUT2D eigenvalue weighted by atomic mass is 9.82. The number of hydrogen-bond acceptors (Lipinski definition) is 0. The van der Waals surface area contributed by atoms with Gasteiger partial charge in [0.25, 0.3) is 0 Å². The van der Waals surface area contributed by atoms with Gasteiger partial charge in [0.05, 0.1) is 0 Å². The minimum atomic E-state index is 1.23. The van der Waals surface area contributed by atoms with Crippen LogP contribution in [0.5, 0.6) is 0 Å². The number of rotatable bonds is 4. The van der Waals surface area contributed by atoms with Crippen LogP contribution in [-0.4, -0.2) is 0 Å². The highest BCUT2D eigenvalue weighted by atomic mass is 14.2. The fraction of sp³-hybridized carbons (Fsp3) is 0. The molecule has 7 aromatic rings. The molecule has 7 rings (SSSR count). The molecule has 0 bridgehead atoms. The quantitative estimate of drug-likeness (QED) is 0.219. The lowest BCUT2D eigenvalue weighted by Crippen LogP contribution is -1.93. The standard InChI is InChI=1S/C38H26/c1-5-14-27(15-6-1)32-24-25-34(29-18-9-3-10-19-29)38-35(32)26-31-22-13-23-33(28-16-7-2-8-17-28)36(31)37(38)30-20-11-4-12-21-30/h1-26H. The number of benzene rings is 7. The van der Waals surface area contributed by atoms with Crippen molar-refractivity contribution >= 4 is 21.5 Å². The van der Waals surface area contributed by atoms with Crippen LogP contribution in [0.25, 0.3) is 66.1 Å². The lowest BCUT2D eigenvalue weighted by Gasteiger charge is -2.20. The summed E-state index contributed by atoms with van der Waals surface area (Å²) < 4.78 is 0. The highest BCUT2D eigenvalue weighted by Gasteiger charge is 2.19. The Kier molecular flexibility index (Phi) is 5.57. The molecule has 0 aliphatic rings. The van der Waals surface area contributed by atoms with Gasteiger partial charge in [-0.05, 0) is 72.1 Å². The van der Waals surface area contributed by atoms with Crippen LogP contribution in [0.3, 0.4) is 0 Å². The molecule has 38 heavy (non-hydrogen) atoms. The Labute approximate surface area is 223 Å². The van der Waals surface area contributed by atoms with Crippen molar-refractivity contribution in [3.05, 3.63) is 158 Å². The second-order valence-electron chi connectivity index (χ2n) is 9.70. The third kappa shape index (κ3) is 3.79. The largest absolute Gasteiger partial charge is 0.0622 e. The summed E-state index contributed by atoms with van der Waals surface area (Å²) in [5.41, 5.74) is 9.97. The molecule has 7 aromatic carbocycles. The van der Waals surface area contributed by atoms with Crippen molar-refractivity contribution in [2.75, 3.05) is 0 Å². The fourth-order valence-electron chi connectivity index (χ4n) is 5.77. The van der Waals surface area contributed by atoms with Crippen molar-refractivity contribution in [2.24, 2.45) is 0 Å². The van der Waals surface area contributed by atoms with E-state index in [0.717, 1.165) is 0 Å². The Morgan fingerprint density at radius 3 is 1.29 bits per heavy atom. The van der Waals surface area contributed by atoms with E-state index in [0.29, 0.717) is 0 Å². The molecular weight excluding hydrogens is 456 g/mol. The van der Waals surface area contributed by atoms with E-state index in [9.17, 15) is 0 Å². The van der Waals surface area contributed by atoms with E-state index in [2.05, 4.69) is 158 Å². The van der Waals surface area contributed by atoms with E-state index in [1.54, 1.807) is 0 Å². The summed E-state index contributed by atoms with van der Waals surface area (Å²) in [6, 6.07) is 56.9. The summed E-state index contributed by atoms with van der Waals surface area (Å²) in [6.45, 7) is 0. The molecule has 0 unspecified atom stereocenters. The Balaban J connectivity index is 1.73. The molecule has 0 saturated heterocycles. The van der Waals surface area contributed by atoms with Gasteiger partial charge in [-0.25, -0.2) is 0 Å². The molecule has 0 amide bonds. The van der Waals surface area contributed by atoms with Crippen molar-refractivity contribution in [2.45, 2.75) is 0 Å². The molecule has 0 aliphatic heterocycles. The Bertz CT molecular complexity index is 1870. The van der Waals surface area contributed by atoms with Crippen LogP contribution < -0.4 is 0 Å². The van der Waals surface area contributed by atoms with Gasteiger partial charge in [-0.2, -0.15) is 0 Å². The van der Waals surface area contributed by atoms with E-state index in [-0.39, 0.29) is 0 Å². The zero-order valence-electron chi connectivity index (χ0n) is 21.0. The molecule has 0 atom stereocenters. The molecule has 0 nitrogen and oxygen atoms in total. The van der Waals surface area contributed by atoms with Gasteiger partial charge in [0.15, 0.2) is 0 Å². The summed E-state index contributed by atoms with van der Waals surface area (Å²) in [4.78, 5) is 0.